The van der Waals surface area contributed by atoms with Gasteiger partial charge in [-0.05, 0) is 19.1 Å². The molecule has 0 fully saturated rings. The van der Waals surface area contributed by atoms with Crippen LogP contribution in [-0.2, 0) is 7.05 Å². The van der Waals surface area contributed by atoms with Crippen LogP contribution in [0.15, 0.2) is 34.2 Å². The van der Waals surface area contributed by atoms with E-state index in [-0.39, 0.29) is 5.82 Å². The predicted octanol–water partition coefficient (Wildman–Crippen LogP) is 2.60. The van der Waals surface area contributed by atoms with Gasteiger partial charge in [-0.1, -0.05) is 23.9 Å². The summed E-state index contributed by atoms with van der Waals surface area (Å²) in [6.07, 6.45) is 0. The number of hydrogen-bond donors (Lipinski definition) is 1. The van der Waals surface area contributed by atoms with Gasteiger partial charge in [-0.2, -0.15) is 5.10 Å². The van der Waals surface area contributed by atoms with Gasteiger partial charge < -0.3 is 5.73 Å². The lowest BCUT2D eigenvalue weighted by Crippen LogP contribution is -1.94. The molecule has 84 valence electrons. The summed E-state index contributed by atoms with van der Waals surface area (Å²) < 4.78 is 15.1. The third-order valence-electron chi connectivity index (χ3n) is 2.26. The van der Waals surface area contributed by atoms with Gasteiger partial charge in [-0.15, -0.1) is 0 Å². The first-order chi connectivity index (χ1) is 7.59. The van der Waals surface area contributed by atoms with Crippen molar-refractivity contribution in [3.05, 3.63) is 35.8 Å². The van der Waals surface area contributed by atoms with Gasteiger partial charge in [0.25, 0.3) is 0 Å². The Labute approximate surface area is 97.5 Å². The second-order valence-corrected chi connectivity index (χ2v) is 4.49. The summed E-state index contributed by atoms with van der Waals surface area (Å²) in [5, 5.41) is 4.95. The SMILES string of the molecule is Cc1nn(C)c(Sc2ccccc2F)c1N. The van der Waals surface area contributed by atoms with Crippen LogP contribution in [0.3, 0.4) is 0 Å². The van der Waals surface area contributed by atoms with Crippen molar-refractivity contribution in [3.8, 4) is 0 Å². The Hall–Kier alpha value is -1.49. The first kappa shape index (κ1) is 11.0. The predicted molar refractivity (Wildman–Crippen MR) is 62.9 cm³/mol. The maximum absolute atomic E-state index is 13.5. The first-order valence-electron chi connectivity index (χ1n) is 4.81. The molecule has 0 radical (unpaired) electrons. The van der Waals surface area contributed by atoms with Crippen LogP contribution in [0.2, 0.25) is 0 Å². The highest BCUT2D eigenvalue weighted by Gasteiger charge is 2.13. The van der Waals surface area contributed by atoms with Gasteiger partial charge in [0.15, 0.2) is 0 Å². The second-order valence-electron chi connectivity index (χ2n) is 3.46. The Kier molecular flexibility index (Phi) is 2.87. The number of aryl methyl sites for hydroxylation is 2. The average molecular weight is 237 g/mol. The van der Waals surface area contributed by atoms with Crippen LogP contribution in [0.5, 0.6) is 0 Å². The van der Waals surface area contributed by atoms with Gasteiger partial charge in [-0.25, -0.2) is 4.39 Å². The Bertz CT molecular complexity index is 522. The summed E-state index contributed by atoms with van der Waals surface area (Å²) >= 11 is 1.29. The second kappa shape index (κ2) is 4.17. The van der Waals surface area contributed by atoms with E-state index in [1.54, 1.807) is 29.9 Å². The van der Waals surface area contributed by atoms with Gasteiger partial charge in [0.1, 0.15) is 10.8 Å². The van der Waals surface area contributed by atoms with Crippen LogP contribution in [0, 0.1) is 12.7 Å². The zero-order valence-corrected chi connectivity index (χ0v) is 9.88. The molecule has 0 unspecified atom stereocenters. The number of nitrogen functional groups attached to an aromatic ring is 1. The minimum absolute atomic E-state index is 0.245. The van der Waals surface area contributed by atoms with E-state index in [9.17, 15) is 4.39 Å². The van der Waals surface area contributed by atoms with Crippen molar-refractivity contribution in [1.82, 2.24) is 9.78 Å². The molecule has 0 spiro atoms. The molecule has 0 saturated carbocycles. The maximum atomic E-state index is 13.5. The van der Waals surface area contributed by atoms with E-state index in [1.807, 2.05) is 6.92 Å². The number of nitrogens with two attached hydrogens (primary N) is 1. The molecular weight excluding hydrogens is 225 g/mol. The van der Waals surface area contributed by atoms with E-state index in [1.165, 1.54) is 17.8 Å². The van der Waals surface area contributed by atoms with Crippen LogP contribution < -0.4 is 5.73 Å². The molecule has 0 saturated heterocycles. The molecule has 3 nitrogen and oxygen atoms in total. The summed E-state index contributed by atoms with van der Waals surface area (Å²) in [5.41, 5.74) is 7.25. The molecule has 2 aromatic rings. The van der Waals surface area contributed by atoms with Crippen molar-refractivity contribution >= 4 is 17.4 Å². The van der Waals surface area contributed by atoms with Crippen LogP contribution in [0.1, 0.15) is 5.69 Å². The summed E-state index contributed by atoms with van der Waals surface area (Å²) in [7, 11) is 1.80. The fraction of sp³-hybridized carbons (Fsp3) is 0.182. The number of rotatable bonds is 2. The number of hydrogen-bond acceptors (Lipinski definition) is 3. The van der Waals surface area contributed by atoms with Gasteiger partial charge in [0.2, 0.25) is 0 Å². The van der Waals surface area contributed by atoms with Crippen molar-refractivity contribution in [3.63, 3.8) is 0 Å². The molecule has 1 heterocycles. The van der Waals surface area contributed by atoms with E-state index >= 15 is 0 Å². The lowest BCUT2D eigenvalue weighted by molar-refractivity contribution is 0.601. The minimum Gasteiger partial charge on any atom is -0.395 e. The maximum Gasteiger partial charge on any atom is 0.137 e. The average Bonchev–Trinajstić information content (AvgIpc) is 2.48. The molecule has 0 aliphatic heterocycles. The lowest BCUT2D eigenvalue weighted by atomic mass is 10.3. The summed E-state index contributed by atoms with van der Waals surface area (Å²) in [6.45, 7) is 1.83. The zero-order valence-electron chi connectivity index (χ0n) is 9.07. The van der Waals surface area contributed by atoms with Crippen molar-refractivity contribution in [2.24, 2.45) is 7.05 Å². The number of halogens is 1. The molecular formula is C11H12FN3S. The molecule has 0 aliphatic rings. The molecule has 1 aromatic carbocycles. The molecule has 0 atom stereocenters. The fourth-order valence-electron chi connectivity index (χ4n) is 1.41. The van der Waals surface area contributed by atoms with Crippen LogP contribution in [0.25, 0.3) is 0 Å². The highest BCUT2D eigenvalue weighted by atomic mass is 32.2. The third-order valence-corrected chi connectivity index (χ3v) is 3.49. The highest BCUT2D eigenvalue weighted by Crippen LogP contribution is 2.34. The van der Waals surface area contributed by atoms with Gasteiger partial charge >= 0.3 is 0 Å². The lowest BCUT2D eigenvalue weighted by Gasteiger charge is -2.04. The Morgan fingerprint density at radius 1 is 1.38 bits per heavy atom. The topological polar surface area (TPSA) is 43.8 Å². The molecule has 0 amide bonds. The van der Waals surface area contributed by atoms with Crippen molar-refractivity contribution in [2.75, 3.05) is 5.73 Å². The zero-order chi connectivity index (χ0) is 11.7. The Balaban J connectivity index is 2.38. The smallest absolute Gasteiger partial charge is 0.137 e. The van der Waals surface area contributed by atoms with Gasteiger partial charge in [-0.3, -0.25) is 4.68 Å². The van der Waals surface area contributed by atoms with Gasteiger partial charge in [0.05, 0.1) is 11.4 Å². The van der Waals surface area contributed by atoms with E-state index in [2.05, 4.69) is 5.10 Å². The summed E-state index contributed by atoms with van der Waals surface area (Å²) in [4.78, 5) is 0.553. The Morgan fingerprint density at radius 2 is 2.06 bits per heavy atom. The molecule has 0 bridgehead atoms. The largest absolute Gasteiger partial charge is 0.395 e. The molecule has 0 aliphatic carbocycles. The molecule has 5 heteroatoms. The first-order valence-corrected chi connectivity index (χ1v) is 5.62. The fourth-order valence-corrected chi connectivity index (χ4v) is 2.36. The van der Waals surface area contributed by atoms with E-state index in [4.69, 9.17) is 5.73 Å². The highest BCUT2D eigenvalue weighted by molar-refractivity contribution is 7.99. The monoisotopic (exact) mass is 237 g/mol. The van der Waals surface area contributed by atoms with E-state index in [0.717, 1.165) is 10.7 Å². The van der Waals surface area contributed by atoms with Crippen molar-refractivity contribution in [2.45, 2.75) is 16.8 Å². The molecule has 2 N–H and O–H groups in total. The molecule has 2 rings (SSSR count). The number of benzene rings is 1. The minimum atomic E-state index is -0.245. The Morgan fingerprint density at radius 3 is 2.62 bits per heavy atom. The summed E-state index contributed by atoms with van der Waals surface area (Å²) in [6, 6.07) is 6.62. The number of aromatic nitrogens is 2. The summed E-state index contributed by atoms with van der Waals surface area (Å²) in [5.74, 6) is -0.245. The normalized spacial score (nSPS) is 10.7. The third kappa shape index (κ3) is 1.90. The van der Waals surface area contributed by atoms with Crippen LogP contribution >= 0.6 is 11.8 Å². The molecule has 1 aromatic heterocycles. The van der Waals surface area contributed by atoms with E-state index < -0.39 is 0 Å². The standard InChI is InChI=1S/C11H12FN3S/c1-7-10(13)11(15(2)14-7)16-9-6-4-3-5-8(9)12/h3-6H,13H2,1-2H3. The van der Waals surface area contributed by atoms with Crippen LogP contribution in [-0.4, -0.2) is 9.78 Å². The van der Waals surface area contributed by atoms with Crippen molar-refractivity contribution < 1.29 is 4.39 Å². The van der Waals surface area contributed by atoms with Crippen molar-refractivity contribution in [1.29, 1.82) is 0 Å². The quantitative estimate of drug-likeness (QED) is 0.873. The number of nitrogens with zero attached hydrogens (tertiary/aromatic N) is 2. The van der Waals surface area contributed by atoms with E-state index in [0.29, 0.717) is 10.6 Å². The molecule has 16 heavy (non-hydrogen) atoms. The van der Waals surface area contributed by atoms with Gasteiger partial charge in [0, 0.05) is 11.9 Å². The van der Waals surface area contributed by atoms with Crippen LogP contribution in [0.4, 0.5) is 10.1 Å². The number of anilines is 1.